The van der Waals surface area contributed by atoms with Gasteiger partial charge in [-0.05, 0) is 30.3 Å². The van der Waals surface area contributed by atoms with Crippen LogP contribution in [0, 0.1) is 6.92 Å². The molecule has 2 aromatic heterocycles. The first-order chi connectivity index (χ1) is 8.11. The van der Waals surface area contributed by atoms with Crippen LogP contribution in [0.2, 0.25) is 0 Å². The quantitative estimate of drug-likeness (QED) is 0.814. The molecule has 0 fully saturated rings. The highest BCUT2D eigenvalue weighted by molar-refractivity contribution is 7.99. The van der Waals surface area contributed by atoms with Gasteiger partial charge in [-0.15, -0.1) is 5.10 Å². The van der Waals surface area contributed by atoms with Gasteiger partial charge in [0.15, 0.2) is 11.4 Å². The Bertz CT molecular complexity index is 617. The van der Waals surface area contributed by atoms with Crippen molar-refractivity contribution >= 4 is 18.0 Å². The molecule has 0 aliphatic rings. The predicted octanol–water partition coefficient (Wildman–Crippen LogP) is 0.776. The summed E-state index contributed by atoms with van der Waals surface area (Å²) >= 11 is 1.27. The zero-order chi connectivity index (χ0) is 12.4. The summed E-state index contributed by atoms with van der Waals surface area (Å²) in [5, 5.41) is 7.48. The highest BCUT2D eigenvalue weighted by Gasteiger charge is 2.09. The molecule has 0 bridgehead atoms. The van der Waals surface area contributed by atoms with Gasteiger partial charge in [0, 0.05) is 18.8 Å². The largest absolute Gasteiger partial charge is 0.343 e. The summed E-state index contributed by atoms with van der Waals surface area (Å²) in [5.74, 6) is 0. The molecule has 0 aliphatic heterocycles. The van der Waals surface area contributed by atoms with Gasteiger partial charge in [0.25, 0.3) is 0 Å². The van der Waals surface area contributed by atoms with Gasteiger partial charge < -0.3 is 0 Å². The molecule has 1 N–H and O–H groups in total. The van der Waals surface area contributed by atoms with E-state index in [0.29, 0.717) is 10.7 Å². The lowest BCUT2D eigenvalue weighted by molar-refractivity contribution is 0.112. The van der Waals surface area contributed by atoms with Crippen molar-refractivity contribution in [1.29, 1.82) is 0 Å². The van der Waals surface area contributed by atoms with Crippen LogP contribution in [0.4, 0.5) is 0 Å². The van der Waals surface area contributed by atoms with Gasteiger partial charge in [-0.1, -0.05) is 0 Å². The molecule has 6 nitrogen and oxygen atoms in total. The van der Waals surface area contributed by atoms with Crippen molar-refractivity contribution in [3.8, 4) is 0 Å². The fourth-order valence-electron chi connectivity index (χ4n) is 1.27. The molecule has 0 aliphatic carbocycles. The van der Waals surface area contributed by atoms with Gasteiger partial charge in [-0.2, -0.15) is 0 Å². The minimum Gasteiger partial charge on any atom is -0.298 e. The van der Waals surface area contributed by atoms with E-state index in [1.54, 1.807) is 13.1 Å². The van der Waals surface area contributed by atoms with Crippen molar-refractivity contribution in [3.63, 3.8) is 0 Å². The zero-order valence-electron chi connectivity index (χ0n) is 9.30. The van der Waals surface area contributed by atoms with Crippen LogP contribution >= 0.6 is 11.8 Å². The summed E-state index contributed by atoms with van der Waals surface area (Å²) in [7, 11) is 1.63. The molecule has 88 valence electrons. The Kier molecular flexibility index (Phi) is 3.10. The van der Waals surface area contributed by atoms with Crippen LogP contribution < -0.4 is 5.69 Å². The summed E-state index contributed by atoms with van der Waals surface area (Å²) in [5.41, 5.74) is 1.13. The van der Waals surface area contributed by atoms with Crippen molar-refractivity contribution in [2.24, 2.45) is 7.05 Å². The second kappa shape index (κ2) is 4.54. The average molecular weight is 250 g/mol. The van der Waals surface area contributed by atoms with Crippen LogP contribution in [0.25, 0.3) is 0 Å². The number of nitrogens with zero attached hydrogens (tertiary/aromatic N) is 3. The number of carbonyl (C=O) groups is 1. The summed E-state index contributed by atoms with van der Waals surface area (Å²) in [6, 6.07) is 1.74. The Morgan fingerprint density at radius 1 is 1.53 bits per heavy atom. The van der Waals surface area contributed by atoms with Gasteiger partial charge in [0.05, 0.1) is 0 Å². The lowest BCUT2D eigenvalue weighted by Crippen LogP contribution is -2.12. The number of H-pyrrole nitrogens is 1. The minimum atomic E-state index is -0.269. The molecular formula is C10H10N4O2S. The predicted molar refractivity (Wildman–Crippen MR) is 62.3 cm³/mol. The van der Waals surface area contributed by atoms with Crippen molar-refractivity contribution in [2.45, 2.75) is 17.1 Å². The number of pyridine rings is 1. The van der Waals surface area contributed by atoms with E-state index in [0.717, 1.165) is 16.9 Å². The minimum absolute atomic E-state index is 0.269. The molecule has 2 rings (SSSR count). The van der Waals surface area contributed by atoms with Gasteiger partial charge in [0.1, 0.15) is 5.03 Å². The first kappa shape index (κ1) is 11.6. The van der Waals surface area contributed by atoms with E-state index >= 15 is 0 Å². The Morgan fingerprint density at radius 3 is 2.82 bits per heavy atom. The van der Waals surface area contributed by atoms with Crippen molar-refractivity contribution in [3.05, 3.63) is 33.9 Å². The average Bonchev–Trinajstić information content (AvgIpc) is 2.63. The van der Waals surface area contributed by atoms with Gasteiger partial charge in [-0.3, -0.25) is 9.36 Å². The first-order valence-corrected chi connectivity index (χ1v) is 5.64. The van der Waals surface area contributed by atoms with E-state index in [-0.39, 0.29) is 5.69 Å². The first-order valence-electron chi connectivity index (χ1n) is 4.83. The Balaban J connectivity index is 2.33. The second-order valence-corrected chi connectivity index (χ2v) is 4.44. The van der Waals surface area contributed by atoms with E-state index in [9.17, 15) is 9.59 Å². The maximum absolute atomic E-state index is 11.2. The normalized spacial score (nSPS) is 10.5. The molecular weight excluding hydrogens is 240 g/mol. The number of nitrogens with one attached hydrogen (secondary N) is 1. The summed E-state index contributed by atoms with van der Waals surface area (Å²) in [4.78, 5) is 25.9. The van der Waals surface area contributed by atoms with Crippen LogP contribution in [0.1, 0.15) is 15.9 Å². The van der Waals surface area contributed by atoms with Crippen molar-refractivity contribution in [2.75, 3.05) is 0 Å². The summed E-state index contributed by atoms with van der Waals surface area (Å²) in [6.45, 7) is 1.85. The fourth-order valence-corrected chi connectivity index (χ4v) is 2.07. The number of aromatic amines is 1. The highest BCUT2D eigenvalue weighted by atomic mass is 32.2. The Labute approximate surface area is 101 Å². The van der Waals surface area contributed by atoms with Crippen molar-refractivity contribution in [1.82, 2.24) is 19.7 Å². The fraction of sp³-hybridized carbons (Fsp3) is 0.200. The number of hydrogen-bond donors (Lipinski definition) is 1. The Hall–Kier alpha value is -1.89. The number of carbonyl (C=O) groups excluding carboxylic acids is 1. The SMILES string of the molecule is Cc1cc(C=O)cnc1Sc1n[nH]c(=O)n1C. The molecule has 7 heteroatoms. The molecule has 0 aromatic carbocycles. The van der Waals surface area contributed by atoms with Crippen LogP contribution in [-0.4, -0.2) is 26.0 Å². The third kappa shape index (κ3) is 2.28. The molecule has 0 saturated heterocycles. The maximum Gasteiger partial charge on any atom is 0.343 e. The highest BCUT2D eigenvalue weighted by Crippen LogP contribution is 2.25. The zero-order valence-corrected chi connectivity index (χ0v) is 10.1. The maximum atomic E-state index is 11.2. The number of aromatic nitrogens is 4. The smallest absolute Gasteiger partial charge is 0.298 e. The standard InChI is InChI=1S/C10H10N4O2S/c1-6-3-7(5-15)4-11-8(6)17-10-13-12-9(16)14(10)2/h3-5H,1-2H3,(H,12,16). The molecule has 0 unspecified atom stereocenters. The van der Waals surface area contributed by atoms with Crippen LogP contribution in [0.15, 0.2) is 27.2 Å². The van der Waals surface area contributed by atoms with Crippen molar-refractivity contribution < 1.29 is 4.79 Å². The number of aldehydes is 1. The van der Waals surface area contributed by atoms with E-state index in [1.807, 2.05) is 6.92 Å². The van der Waals surface area contributed by atoms with E-state index in [1.165, 1.54) is 22.5 Å². The van der Waals surface area contributed by atoms with E-state index in [4.69, 9.17) is 0 Å². The van der Waals surface area contributed by atoms with Gasteiger partial charge in [-0.25, -0.2) is 14.9 Å². The molecule has 2 heterocycles. The van der Waals surface area contributed by atoms with Crippen LogP contribution in [0.5, 0.6) is 0 Å². The summed E-state index contributed by atoms with van der Waals surface area (Å²) in [6.07, 6.45) is 2.24. The number of hydrogen-bond acceptors (Lipinski definition) is 5. The third-order valence-electron chi connectivity index (χ3n) is 2.21. The molecule has 2 aromatic rings. The third-order valence-corrected chi connectivity index (χ3v) is 3.38. The van der Waals surface area contributed by atoms with Gasteiger partial charge in [0.2, 0.25) is 0 Å². The van der Waals surface area contributed by atoms with Gasteiger partial charge >= 0.3 is 5.69 Å². The molecule has 0 saturated carbocycles. The molecule has 0 amide bonds. The topological polar surface area (TPSA) is 80.6 Å². The van der Waals surface area contributed by atoms with Crippen LogP contribution in [-0.2, 0) is 7.05 Å². The van der Waals surface area contributed by atoms with E-state index in [2.05, 4.69) is 15.2 Å². The lowest BCUT2D eigenvalue weighted by atomic mass is 10.2. The monoisotopic (exact) mass is 250 g/mol. The van der Waals surface area contributed by atoms with Crippen LogP contribution in [0.3, 0.4) is 0 Å². The molecule has 0 spiro atoms. The van der Waals surface area contributed by atoms with E-state index < -0.39 is 0 Å². The second-order valence-electron chi connectivity index (χ2n) is 3.48. The molecule has 17 heavy (non-hydrogen) atoms. The summed E-state index contributed by atoms with van der Waals surface area (Å²) < 4.78 is 1.40. The number of aryl methyl sites for hydroxylation is 1. The Morgan fingerprint density at radius 2 is 2.29 bits per heavy atom. The molecule has 0 atom stereocenters. The number of rotatable bonds is 3. The lowest BCUT2D eigenvalue weighted by Gasteiger charge is -2.03. The molecule has 0 radical (unpaired) electrons.